The molecule has 4 rings (SSSR count). The number of ether oxygens (including phenoxy) is 1. The minimum atomic E-state index is -0.291. The van der Waals surface area contributed by atoms with Crippen molar-refractivity contribution in [3.8, 4) is 11.5 Å². The van der Waals surface area contributed by atoms with E-state index < -0.39 is 0 Å². The third-order valence-corrected chi connectivity index (χ3v) is 4.66. The molecule has 0 aliphatic carbocycles. The molecule has 1 saturated heterocycles. The lowest BCUT2D eigenvalue weighted by Crippen LogP contribution is -2.35. The van der Waals surface area contributed by atoms with Gasteiger partial charge in [0.25, 0.3) is 0 Å². The van der Waals surface area contributed by atoms with Crippen molar-refractivity contribution in [2.45, 2.75) is 13.5 Å². The van der Waals surface area contributed by atoms with Crippen LogP contribution in [0.2, 0.25) is 0 Å². The lowest BCUT2D eigenvalue weighted by molar-refractivity contribution is 0.0336. The monoisotopic (exact) mass is 341 g/mol. The van der Waals surface area contributed by atoms with Crippen LogP contribution in [0.1, 0.15) is 11.1 Å². The largest absolute Gasteiger partial charge is 0.507 e. The summed E-state index contributed by atoms with van der Waals surface area (Å²) in [4.78, 5) is 14.9. The van der Waals surface area contributed by atoms with Crippen molar-refractivity contribution >= 4 is 21.9 Å². The van der Waals surface area contributed by atoms with Gasteiger partial charge in [-0.25, -0.2) is 0 Å². The second-order valence-electron chi connectivity index (χ2n) is 6.42. The zero-order valence-corrected chi connectivity index (χ0v) is 13.9. The Morgan fingerprint density at radius 1 is 1.12 bits per heavy atom. The van der Waals surface area contributed by atoms with Crippen LogP contribution < -0.4 is 5.43 Å². The summed E-state index contributed by atoms with van der Waals surface area (Å²) in [6.45, 7) is 4.89. The molecule has 130 valence electrons. The van der Waals surface area contributed by atoms with Gasteiger partial charge < -0.3 is 19.4 Å². The van der Waals surface area contributed by atoms with Crippen LogP contribution in [0.4, 0.5) is 0 Å². The summed E-state index contributed by atoms with van der Waals surface area (Å²) in [5.41, 5.74) is 1.60. The van der Waals surface area contributed by atoms with Gasteiger partial charge in [0.05, 0.1) is 24.2 Å². The smallest absolute Gasteiger partial charge is 0.204 e. The highest BCUT2D eigenvalue weighted by atomic mass is 16.5. The Kier molecular flexibility index (Phi) is 3.86. The number of hydrogen-bond donors (Lipinski definition) is 2. The number of rotatable bonds is 2. The molecule has 0 bridgehead atoms. The van der Waals surface area contributed by atoms with Gasteiger partial charge in [-0.3, -0.25) is 9.69 Å². The number of hydrogen-bond acceptors (Lipinski definition) is 6. The van der Waals surface area contributed by atoms with E-state index in [-0.39, 0.29) is 27.9 Å². The number of phenols is 2. The van der Waals surface area contributed by atoms with Crippen LogP contribution in [0, 0.1) is 6.92 Å². The Labute approximate surface area is 143 Å². The minimum absolute atomic E-state index is 0.0777. The highest BCUT2D eigenvalue weighted by molar-refractivity contribution is 5.95. The van der Waals surface area contributed by atoms with E-state index in [0.717, 1.165) is 5.56 Å². The number of fused-ring (bicyclic) bond motifs is 2. The second-order valence-corrected chi connectivity index (χ2v) is 6.42. The number of aromatic hydroxyl groups is 2. The molecular formula is C19H19NO5. The molecule has 1 aliphatic rings. The Bertz CT molecular complexity index is 1020. The summed E-state index contributed by atoms with van der Waals surface area (Å²) >= 11 is 0. The number of aryl methyl sites for hydroxylation is 1. The Balaban J connectivity index is 1.91. The molecule has 0 amide bonds. The first-order valence-electron chi connectivity index (χ1n) is 8.25. The fraction of sp³-hybridized carbons (Fsp3) is 0.316. The molecule has 3 aromatic rings. The molecule has 0 spiro atoms. The van der Waals surface area contributed by atoms with E-state index in [1.807, 2.05) is 13.0 Å². The topological polar surface area (TPSA) is 83.1 Å². The maximum absolute atomic E-state index is 12.9. The molecule has 6 nitrogen and oxygen atoms in total. The van der Waals surface area contributed by atoms with Gasteiger partial charge in [0.1, 0.15) is 28.1 Å². The zero-order chi connectivity index (χ0) is 17.6. The van der Waals surface area contributed by atoms with E-state index in [1.165, 1.54) is 6.07 Å². The summed E-state index contributed by atoms with van der Waals surface area (Å²) in [5.74, 6) is -0.287. The quantitative estimate of drug-likeness (QED) is 0.697. The fourth-order valence-electron chi connectivity index (χ4n) is 3.27. The Morgan fingerprint density at radius 2 is 1.88 bits per heavy atom. The molecule has 0 atom stereocenters. The van der Waals surface area contributed by atoms with Crippen molar-refractivity contribution < 1.29 is 19.4 Å². The van der Waals surface area contributed by atoms with Crippen LogP contribution in [0.5, 0.6) is 11.5 Å². The van der Waals surface area contributed by atoms with Crippen molar-refractivity contribution in [2.24, 2.45) is 0 Å². The van der Waals surface area contributed by atoms with E-state index in [0.29, 0.717) is 49.4 Å². The lowest BCUT2D eigenvalue weighted by Gasteiger charge is -2.27. The molecule has 0 unspecified atom stereocenters. The predicted molar refractivity (Wildman–Crippen MR) is 94.2 cm³/mol. The van der Waals surface area contributed by atoms with Gasteiger partial charge in [-0.1, -0.05) is 11.6 Å². The fourth-order valence-corrected chi connectivity index (χ4v) is 3.27. The molecule has 0 radical (unpaired) electrons. The lowest BCUT2D eigenvalue weighted by atomic mass is 10.0. The van der Waals surface area contributed by atoms with Crippen molar-refractivity contribution in [3.63, 3.8) is 0 Å². The van der Waals surface area contributed by atoms with Gasteiger partial charge in [0.2, 0.25) is 5.43 Å². The Hall–Kier alpha value is -2.57. The summed E-state index contributed by atoms with van der Waals surface area (Å²) < 4.78 is 11.0. The standard InChI is InChI=1S/C19H19NO5/c1-11-2-3-15-12(8-11)18(22)17-16(25-15)9-14(21)13(19(17)23)10-20-4-6-24-7-5-20/h2-3,8-9,21,23H,4-7,10H2,1H3. The minimum Gasteiger partial charge on any atom is -0.507 e. The average molecular weight is 341 g/mol. The normalized spacial score (nSPS) is 15.9. The molecule has 0 saturated carbocycles. The van der Waals surface area contributed by atoms with Gasteiger partial charge in [0, 0.05) is 25.7 Å². The summed E-state index contributed by atoms with van der Waals surface area (Å²) in [7, 11) is 0. The van der Waals surface area contributed by atoms with Gasteiger partial charge in [-0.05, 0) is 19.1 Å². The van der Waals surface area contributed by atoms with E-state index in [4.69, 9.17) is 9.15 Å². The number of phenolic OH excluding ortho intramolecular Hbond substituents is 2. The first kappa shape index (κ1) is 15.9. The molecule has 1 aliphatic heterocycles. The number of morpholine rings is 1. The maximum Gasteiger partial charge on any atom is 0.204 e. The molecule has 25 heavy (non-hydrogen) atoms. The molecule has 6 heteroatoms. The highest BCUT2D eigenvalue weighted by Crippen LogP contribution is 2.36. The predicted octanol–water partition coefficient (Wildman–Crippen LogP) is 2.50. The van der Waals surface area contributed by atoms with Crippen LogP contribution in [0.15, 0.2) is 33.5 Å². The van der Waals surface area contributed by atoms with Crippen LogP contribution in [-0.2, 0) is 11.3 Å². The zero-order valence-electron chi connectivity index (χ0n) is 13.9. The maximum atomic E-state index is 12.9. The average Bonchev–Trinajstić information content (AvgIpc) is 2.60. The molecule has 1 aromatic heterocycles. The number of nitrogens with zero attached hydrogens (tertiary/aromatic N) is 1. The van der Waals surface area contributed by atoms with Crippen molar-refractivity contribution in [3.05, 3.63) is 45.6 Å². The SMILES string of the molecule is Cc1ccc2oc3cc(O)c(CN4CCOCC4)c(O)c3c(=O)c2c1. The van der Waals surface area contributed by atoms with E-state index in [1.54, 1.807) is 12.1 Å². The Morgan fingerprint density at radius 3 is 2.64 bits per heavy atom. The highest BCUT2D eigenvalue weighted by Gasteiger charge is 2.21. The van der Waals surface area contributed by atoms with Crippen molar-refractivity contribution in [1.82, 2.24) is 4.90 Å². The van der Waals surface area contributed by atoms with Crippen molar-refractivity contribution in [2.75, 3.05) is 26.3 Å². The summed E-state index contributed by atoms with van der Waals surface area (Å²) in [5, 5.41) is 21.6. The first-order valence-corrected chi connectivity index (χ1v) is 8.25. The van der Waals surface area contributed by atoms with Gasteiger partial charge in [-0.2, -0.15) is 0 Å². The summed E-state index contributed by atoms with van der Waals surface area (Å²) in [6, 6.07) is 6.73. The molecule has 2 N–H and O–H groups in total. The molecule has 1 fully saturated rings. The third kappa shape index (κ3) is 2.73. The third-order valence-electron chi connectivity index (χ3n) is 4.66. The van der Waals surface area contributed by atoms with Crippen molar-refractivity contribution in [1.29, 1.82) is 0 Å². The van der Waals surface area contributed by atoms with E-state index >= 15 is 0 Å². The van der Waals surface area contributed by atoms with Gasteiger partial charge in [-0.15, -0.1) is 0 Å². The van der Waals surface area contributed by atoms with Gasteiger partial charge in [0.15, 0.2) is 0 Å². The van der Waals surface area contributed by atoms with E-state index in [2.05, 4.69) is 4.90 Å². The number of benzene rings is 2. The summed E-state index contributed by atoms with van der Waals surface area (Å²) in [6.07, 6.45) is 0. The van der Waals surface area contributed by atoms with Crippen LogP contribution in [0.3, 0.4) is 0 Å². The first-order chi connectivity index (χ1) is 12.0. The molecular weight excluding hydrogens is 322 g/mol. The second kappa shape index (κ2) is 6.06. The van der Waals surface area contributed by atoms with Crippen LogP contribution in [-0.4, -0.2) is 41.4 Å². The van der Waals surface area contributed by atoms with Crippen LogP contribution in [0.25, 0.3) is 21.9 Å². The molecule has 2 aromatic carbocycles. The van der Waals surface area contributed by atoms with E-state index in [9.17, 15) is 15.0 Å². The molecule has 2 heterocycles. The van der Waals surface area contributed by atoms with Gasteiger partial charge >= 0.3 is 0 Å². The van der Waals surface area contributed by atoms with Crippen LogP contribution >= 0.6 is 0 Å².